The average Bonchev–Trinajstić information content (AvgIpc) is 3.96. The van der Waals surface area contributed by atoms with E-state index >= 15 is 0 Å². The van der Waals surface area contributed by atoms with Crippen molar-refractivity contribution in [3.05, 3.63) is 143 Å². The van der Waals surface area contributed by atoms with Gasteiger partial charge < -0.3 is 19.3 Å². The molecule has 0 spiro atoms. The van der Waals surface area contributed by atoms with Crippen molar-refractivity contribution in [1.29, 1.82) is 21.0 Å². The van der Waals surface area contributed by atoms with E-state index in [1.54, 1.807) is 0 Å². The molecule has 8 heteroatoms. The van der Waals surface area contributed by atoms with Crippen molar-refractivity contribution in [1.82, 2.24) is 9.80 Å². The lowest BCUT2D eigenvalue weighted by atomic mass is 10.0. The molecule has 3 aromatic carbocycles. The molecule has 0 amide bonds. The predicted molar refractivity (Wildman–Crippen MR) is 183 cm³/mol. The molecule has 0 saturated carbocycles. The average molecular weight is 633 g/mol. The number of hydrogen-bond donors (Lipinski definition) is 0. The van der Waals surface area contributed by atoms with Gasteiger partial charge in [-0.05, 0) is 36.8 Å². The lowest BCUT2D eigenvalue weighted by Crippen LogP contribution is -2.22. The number of allylic oxidation sites excluding steroid dienone is 6. The first-order valence-corrected chi connectivity index (χ1v) is 16.1. The van der Waals surface area contributed by atoms with Gasteiger partial charge >= 0.3 is 0 Å². The van der Waals surface area contributed by atoms with Gasteiger partial charge in [0.1, 0.15) is 48.6 Å². The fraction of sp³-hybridized carbons (Fsp3) is 0.250. The van der Waals surface area contributed by atoms with Crippen LogP contribution in [0, 0.1) is 45.3 Å². The second-order valence-electron chi connectivity index (χ2n) is 11.5. The molecule has 48 heavy (non-hydrogen) atoms. The molecular weight excluding hydrogens is 596 g/mol. The van der Waals surface area contributed by atoms with Gasteiger partial charge in [0.2, 0.25) is 0 Å². The van der Waals surface area contributed by atoms with Gasteiger partial charge in [-0.2, -0.15) is 21.0 Å². The minimum Gasteiger partial charge on any atom is -0.477 e. The highest BCUT2D eigenvalue weighted by molar-refractivity contribution is 5.83. The van der Waals surface area contributed by atoms with Crippen molar-refractivity contribution >= 4 is 11.1 Å². The number of fused-ring (bicyclic) bond motifs is 2. The van der Waals surface area contributed by atoms with E-state index in [-0.39, 0.29) is 11.1 Å². The number of hydrogen-bond acceptors (Lipinski definition) is 8. The summed E-state index contributed by atoms with van der Waals surface area (Å²) in [4.78, 5) is 4.46. The molecule has 238 valence electrons. The molecule has 0 aromatic heterocycles. The van der Waals surface area contributed by atoms with Gasteiger partial charge in [0.25, 0.3) is 0 Å². The first-order valence-electron chi connectivity index (χ1n) is 16.1. The highest BCUT2D eigenvalue weighted by Crippen LogP contribution is 2.33. The van der Waals surface area contributed by atoms with Crippen molar-refractivity contribution in [2.45, 2.75) is 37.8 Å². The maximum Gasteiger partial charge on any atom is 0.190 e. The van der Waals surface area contributed by atoms with Crippen LogP contribution >= 0.6 is 0 Å². The van der Waals surface area contributed by atoms with Gasteiger partial charge in [-0.15, -0.1) is 0 Å². The molecule has 4 saturated heterocycles. The smallest absolute Gasteiger partial charge is 0.190 e. The van der Waals surface area contributed by atoms with E-state index in [0.717, 1.165) is 48.8 Å². The molecule has 4 aliphatic rings. The Bertz CT molecular complexity index is 1660. The molecule has 0 N–H and O–H groups in total. The summed E-state index contributed by atoms with van der Waals surface area (Å²) >= 11 is 0. The fourth-order valence-electron chi connectivity index (χ4n) is 6.13. The van der Waals surface area contributed by atoms with Crippen LogP contribution in [0.1, 0.15) is 36.8 Å². The molecule has 7 rings (SSSR count). The van der Waals surface area contributed by atoms with E-state index in [0.29, 0.717) is 36.4 Å². The summed E-state index contributed by atoms with van der Waals surface area (Å²) in [5.74, 6) is 1.55. The summed E-state index contributed by atoms with van der Waals surface area (Å²) < 4.78 is 11.5. The zero-order chi connectivity index (χ0) is 33.6. The third-order valence-corrected chi connectivity index (χ3v) is 8.53. The Morgan fingerprint density at radius 1 is 0.542 bits per heavy atom. The zero-order valence-electron chi connectivity index (χ0n) is 26.7. The van der Waals surface area contributed by atoms with Crippen molar-refractivity contribution in [2.75, 3.05) is 26.3 Å². The molecule has 8 nitrogen and oxygen atoms in total. The summed E-state index contributed by atoms with van der Waals surface area (Å²) in [6.45, 7) is 3.35. The standard InChI is InChI=1S/2C17H15N3O.C6H6/c2*18-10-14(11-19)16(13-5-2-1-3-6-13)9-17-20-8-4-7-15(20)12-21-17;1-2-4-6-5-3-1/h2*1-3,5-6,9,15H,4,7-8,12H2;1-6H/b2*17-9-;/t2*15-;/m11./s1. The molecule has 0 aliphatic carbocycles. The number of nitrogens with zero attached hydrogens (tertiary/aromatic N) is 6. The molecule has 0 unspecified atom stereocenters. The quantitative estimate of drug-likeness (QED) is 0.274. The van der Waals surface area contributed by atoms with Gasteiger partial charge in [0.05, 0.1) is 12.1 Å². The van der Waals surface area contributed by atoms with Gasteiger partial charge in [-0.25, -0.2) is 0 Å². The first kappa shape index (κ1) is 33.2. The summed E-state index contributed by atoms with van der Waals surface area (Å²) in [5.41, 5.74) is 3.19. The van der Waals surface area contributed by atoms with Crippen molar-refractivity contribution in [3.8, 4) is 24.3 Å². The van der Waals surface area contributed by atoms with Gasteiger partial charge in [-0.1, -0.05) is 97.1 Å². The number of benzene rings is 3. The zero-order valence-corrected chi connectivity index (χ0v) is 26.7. The third-order valence-electron chi connectivity index (χ3n) is 8.53. The van der Waals surface area contributed by atoms with Gasteiger partial charge in [-0.3, -0.25) is 0 Å². The van der Waals surface area contributed by atoms with Crippen LogP contribution in [0.5, 0.6) is 0 Å². The summed E-state index contributed by atoms with van der Waals surface area (Å²) in [5, 5.41) is 36.8. The minimum absolute atomic E-state index is 0.111. The van der Waals surface area contributed by atoms with Crippen LogP contribution in [0.3, 0.4) is 0 Å². The second kappa shape index (κ2) is 16.9. The van der Waals surface area contributed by atoms with Crippen molar-refractivity contribution in [3.63, 3.8) is 0 Å². The van der Waals surface area contributed by atoms with Crippen LogP contribution in [0.25, 0.3) is 11.1 Å². The van der Waals surface area contributed by atoms with E-state index in [4.69, 9.17) is 9.47 Å². The SMILES string of the molecule is N#CC(C#N)=C(/C=C1\OC[C@H]2CCCN12)c1ccccc1.N#CC(C#N)=C(/C=C1\OC[C@H]2CCCN12)c1ccccc1.c1ccccc1. The van der Waals surface area contributed by atoms with Crippen LogP contribution in [-0.2, 0) is 9.47 Å². The monoisotopic (exact) mass is 632 g/mol. The van der Waals surface area contributed by atoms with Crippen molar-refractivity contribution in [2.24, 2.45) is 0 Å². The summed E-state index contributed by atoms with van der Waals surface area (Å²) in [6, 6.07) is 39.8. The predicted octanol–water partition coefficient (Wildman–Crippen LogP) is 7.33. The maximum atomic E-state index is 9.21. The van der Waals surface area contributed by atoms with Gasteiger partial charge in [0.15, 0.2) is 11.8 Å². The highest BCUT2D eigenvalue weighted by Gasteiger charge is 2.35. The Balaban J connectivity index is 0.000000160. The van der Waals surface area contributed by atoms with Crippen molar-refractivity contribution < 1.29 is 9.47 Å². The summed E-state index contributed by atoms with van der Waals surface area (Å²) in [6.07, 6.45) is 8.29. The Labute approximate surface area is 282 Å². The Kier molecular flexibility index (Phi) is 11.7. The largest absolute Gasteiger partial charge is 0.477 e. The van der Waals surface area contributed by atoms with E-state index in [1.165, 1.54) is 12.8 Å². The number of ether oxygens (including phenoxy) is 2. The Morgan fingerprint density at radius 2 is 0.875 bits per heavy atom. The molecule has 3 aromatic rings. The Morgan fingerprint density at radius 3 is 1.21 bits per heavy atom. The van der Waals surface area contributed by atoms with Crippen LogP contribution in [0.15, 0.2) is 132 Å². The van der Waals surface area contributed by atoms with Crippen LogP contribution in [-0.4, -0.2) is 48.2 Å². The maximum absolute atomic E-state index is 9.21. The third kappa shape index (κ3) is 8.13. The van der Waals surface area contributed by atoms with E-state index < -0.39 is 0 Å². The highest BCUT2D eigenvalue weighted by atomic mass is 16.5. The second-order valence-corrected chi connectivity index (χ2v) is 11.5. The normalized spacial score (nSPS) is 19.7. The lowest BCUT2D eigenvalue weighted by molar-refractivity contribution is 0.233. The topological polar surface area (TPSA) is 120 Å². The van der Waals surface area contributed by atoms with E-state index in [2.05, 4.69) is 9.80 Å². The first-order chi connectivity index (χ1) is 23.7. The molecule has 4 aliphatic heterocycles. The molecule has 2 atom stereocenters. The Hall–Kier alpha value is -6.22. The van der Waals surface area contributed by atoms with E-state index in [1.807, 2.05) is 133 Å². The molecule has 4 heterocycles. The van der Waals surface area contributed by atoms with Crippen LogP contribution in [0.4, 0.5) is 0 Å². The van der Waals surface area contributed by atoms with Crippen LogP contribution < -0.4 is 0 Å². The van der Waals surface area contributed by atoms with Crippen LogP contribution in [0.2, 0.25) is 0 Å². The minimum atomic E-state index is 0.111. The fourth-order valence-corrected chi connectivity index (χ4v) is 6.13. The van der Waals surface area contributed by atoms with E-state index in [9.17, 15) is 21.0 Å². The molecule has 0 bridgehead atoms. The summed E-state index contributed by atoms with van der Waals surface area (Å²) in [7, 11) is 0. The molecular formula is C40H36N6O2. The van der Waals surface area contributed by atoms with Gasteiger partial charge in [0, 0.05) is 36.4 Å². The molecule has 0 radical (unpaired) electrons. The number of rotatable bonds is 4. The number of nitriles is 4. The lowest BCUT2D eigenvalue weighted by Gasteiger charge is -2.16. The molecule has 4 fully saturated rings.